The van der Waals surface area contributed by atoms with Crippen molar-refractivity contribution < 1.29 is 27.5 Å². The highest BCUT2D eigenvalue weighted by molar-refractivity contribution is 7.92. The van der Waals surface area contributed by atoms with E-state index >= 15 is 0 Å². The molecule has 0 bridgehead atoms. The molecule has 1 aromatic carbocycles. The van der Waals surface area contributed by atoms with Crippen molar-refractivity contribution in [3.63, 3.8) is 0 Å². The van der Waals surface area contributed by atoms with Gasteiger partial charge in [0, 0.05) is 50.7 Å². The number of benzene rings is 1. The molecule has 1 aromatic rings. The van der Waals surface area contributed by atoms with Crippen LogP contribution in [0.2, 0.25) is 0 Å². The third kappa shape index (κ3) is 8.81. The average Bonchev–Trinajstić information content (AvgIpc) is 3.32. The van der Waals surface area contributed by atoms with Crippen LogP contribution in [-0.2, 0) is 29.1 Å². The lowest BCUT2D eigenvalue weighted by Gasteiger charge is -2.34. The smallest absolute Gasteiger partial charge is 0.253 e. The minimum absolute atomic E-state index is 0.0781. The second-order valence-electron chi connectivity index (χ2n) is 12.9. The quantitative estimate of drug-likeness (QED) is 0.286. The predicted octanol–water partition coefficient (Wildman–Crippen LogP) is 4.98. The Hall–Kier alpha value is -2.60. The summed E-state index contributed by atoms with van der Waals surface area (Å²) >= 11 is 0. The van der Waals surface area contributed by atoms with Gasteiger partial charge in [-0.05, 0) is 93.2 Å². The van der Waals surface area contributed by atoms with Crippen LogP contribution >= 0.6 is 0 Å². The molecule has 250 valence electrons. The number of aryl methyl sites for hydroxylation is 2. The van der Waals surface area contributed by atoms with Gasteiger partial charge in [0.2, 0.25) is 15.9 Å². The van der Waals surface area contributed by atoms with Crippen LogP contribution in [0, 0.1) is 25.7 Å². The lowest BCUT2D eigenvalue weighted by molar-refractivity contribution is -0.125. The second-order valence-corrected chi connectivity index (χ2v) is 14.7. The Bertz CT molecular complexity index is 1340. The van der Waals surface area contributed by atoms with Crippen LogP contribution in [-0.4, -0.2) is 82.5 Å². The molecule has 0 radical (unpaired) electrons. The number of sulfonamides is 1. The SMILES string of the molecule is CCCCC1CCC(C2=NC3(CCN(S(=O)(=O)/C=C/c4c(C)cc(N(CCOCCOC)C(C)=O)cc4C)CC3)C(=O)N2)CC1. The van der Waals surface area contributed by atoms with E-state index in [0.717, 1.165) is 47.0 Å². The normalized spacial score (nSPS) is 22.2. The fourth-order valence-corrected chi connectivity index (χ4v) is 8.05. The van der Waals surface area contributed by atoms with Crippen molar-refractivity contribution >= 4 is 39.4 Å². The van der Waals surface area contributed by atoms with Gasteiger partial charge in [-0.25, -0.2) is 8.42 Å². The number of nitrogens with one attached hydrogen (secondary N) is 1. The van der Waals surface area contributed by atoms with Crippen molar-refractivity contribution in [1.82, 2.24) is 9.62 Å². The van der Waals surface area contributed by atoms with Gasteiger partial charge >= 0.3 is 0 Å². The van der Waals surface area contributed by atoms with Crippen molar-refractivity contribution in [1.29, 1.82) is 0 Å². The zero-order valence-electron chi connectivity index (χ0n) is 27.8. The van der Waals surface area contributed by atoms with E-state index in [0.29, 0.717) is 45.1 Å². The first-order chi connectivity index (χ1) is 21.5. The van der Waals surface area contributed by atoms with Crippen molar-refractivity contribution in [2.75, 3.05) is 51.5 Å². The molecular formula is C34H52N4O6S. The molecule has 1 N–H and O–H groups in total. The molecule has 1 aliphatic carbocycles. The van der Waals surface area contributed by atoms with E-state index in [9.17, 15) is 18.0 Å². The average molecular weight is 645 g/mol. The summed E-state index contributed by atoms with van der Waals surface area (Å²) < 4.78 is 38.7. The first-order valence-corrected chi connectivity index (χ1v) is 18.1. The number of rotatable bonds is 14. The molecule has 1 saturated heterocycles. The number of carbonyl (C=O) groups excluding carboxylic acids is 2. The van der Waals surface area contributed by atoms with Crippen LogP contribution in [0.3, 0.4) is 0 Å². The Morgan fingerprint density at radius 1 is 1.11 bits per heavy atom. The van der Waals surface area contributed by atoms with Crippen LogP contribution < -0.4 is 10.2 Å². The minimum Gasteiger partial charge on any atom is -0.382 e. The van der Waals surface area contributed by atoms with Crippen molar-refractivity contribution in [3.05, 3.63) is 34.2 Å². The number of amidine groups is 1. The van der Waals surface area contributed by atoms with E-state index < -0.39 is 15.6 Å². The van der Waals surface area contributed by atoms with Gasteiger partial charge in [-0.1, -0.05) is 26.2 Å². The molecule has 11 heteroatoms. The molecule has 2 fully saturated rings. The highest BCUT2D eigenvalue weighted by atomic mass is 32.2. The van der Waals surface area contributed by atoms with Crippen LogP contribution in [0.4, 0.5) is 5.69 Å². The van der Waals surface area contributed by atoms with E-state index in [4.69, 9.17) is 14.5 Å². The van der Waals surface area contributed by atoms with Crippen molar-refractivity contribution in [2.45, 2.75) is 91.0 Å². The van der Waals surface area contributed by atoms with Crippen LogP contribution in [0.15, 0.2) is 22.5 Å². The number of unbranched alkanes of at least 4 members (excludes halogenated alkanes) is 1. The van der Waals surface area contributed by atoms with Gasteiger partial charge in [-0.3, -0.25) is 14.6 Å². The summed E-state index contributed by atoms with van der Waals surface area (Å²) in [6.45, 7) is 9.80. The Kier molecular flexibility index (Phi) is 12.4. The lowest BCUT2D eigenvalue weighted by atomic mass is 9.79. The maximum atomic E-state index is 13.4. The standard InChI is InChI=1S/C34H52N4O6S/c1-6-7-8-28-9-11-29(12-10-28)32-35-33(40)34(36-32)14-16-37(17-15-34)45(41,42)22-13-31-25(2)23-30(24-26(31)3)38(27(4)39)18-19-44-21-20-43-5/h13,22-24,28-29H,6-12,14-21H2,1-5H3,(H,35,36,40)/b22-13+. The van der Waals surface area contributed by atoms with Crippen LogP contribution in [0.5, 0.6) is 0 Å². The van der Waals surface area contributed by atoms with Gasteiger partial charge in [0.15, 0.2) is 0 Å². The number of anilines is 1. The molecule has 4 rings (SSSR count). The summed E-state index contributed by atoms with van der Waals surface area (Å²) in [7, 11) is -2.09. The summed E-state index contributed by atoms with van der Waals surface area (Å²) in [6, 6.07) is 3.79. The molecule has 2 amide bonds. The maximum absolute atomic E-state index is 13.4. The highest BCUT2D eigenvalue weighted by Gasteiger charge is 2.48. The summed E-state index contributed by atoms with van der Waals surface area (Å²) in [5.74, 6) is 1.73. The van der Waals surface area contributed by atoms with Crippen molar-refractivity contribution in [3.8, 4) is 0 Å². The molecule has 2 aliphatic heterocycles. The van der Waals surface area contributed by atoms with Crippen LogP contribution in [0.1, 0.15) is 88.3 Å². The van der Waals surface area contributed by atoms with Gasteiger partial charge < -0.3 is 19.7 Å². The fraction of sp³-hybridized carbons (Fsp3) is 0.676. The van der Waals surface area contributed by atoms with E-state index in [2.05, 4.69) is 12.2 Å². The Morgan fingerprint density at radius 2 is 1.78 bits per heavy atom. The highest BCUT2D eigenvalue weighted by Crippen LogP contribution is 2.37. The van der Waals surface area contributed by atoms with E-state index in [1.165, 1.54) is 48.7 Å². The van der Waals surface area contributed by atoms with Gasteiger partial charge in [-0.15, -0.1) is 0 Å². The number of methoxy groups -OCH3 is 1. The number of carbonyl (C=O) groups is 2. The Morgan fingerprint density at radius 3 is 2.38 bits per heavy atom. The summed E-state index contributed by atoms with van der Waals surface area (Å²) in [5, 5.41) is 4.34. The molecule has 2 heterocycles. The number of piperidine rings is 1. The summed E-state index contributed by atoms with van der Waals surface area (Å²) in [4.78, 5) is 32.1. The molecule has 45 heavy (non-hydrogen) atoms. The Labute approximate surface area is 269 Å². The minimum atomic E-state index is -3.70. The van der Waals surface area contributed by atoms with Gasteiger partial charge in [-0.2, -0.15) is 4.31 Å². The maximum Gasteiger partial charge on any atom is 0.253 e. The molecule has 0 unspecified atom stereocenters. The van der Waals surface area contributed by atoms with Gasteiger partial charge in [0.05, 0.1) is 19.8 Å². The molecule has 1 saturated carbocycles. The number of nitrogens with zero attached hydrogens (tertiary/aromatic N) is 3. The fourth-order valence-electron chi connectivity index (χ4n) is 6.88. The number of ether oxygens (including phenoxy) is 2. The number of hydrogen-bond acceptors (Lipinski definition) is 7. The molecule has 3 aliphatic rings. The monoisotopic (exact) mass is 644 g/mol. The van der Waals surface area contributed by atoms with E-state index in [-0.39, 0.29) is 24.9 Å². The topological polar surface area (TPSA) is 118 Å². The molecular weight excluding hydrogens is 592 g/mol. The zero-order valence-corrected chi connectivity index (χ0v) is 28.6. The summed E-state index contributed by atoms with van der Waals surface area (Å²) in [6.07, 6.45) is 10.7. The zero-order chi connectivity index (χ0) is 32.6. The first kappa shape index (κ1) is 35.3. The molecule has 0 atom stereocenters. The number of hydrogen-bond donors (Lipinski definition) is 1. The largest absolute Gasteiger partial charge is 0.382 e. The van der Waals surface area contributed by atoms with Crippen molar-refractivity contribution in [2.24, 2.45) is 16.8 Å². The number of aliphatic imine (C=N–C) groups is 1. The van der Waals surface area contributed by atoms with E-state index in [1.54, 1.807) is 18.1 Å². The third-order valence-electron chi connectivity index (χ3n) is 9.68. The van der Waals surface area contributed by atoms with Crippen LogP contribution in [0.25, 0.3) is 6.08 Å². The van der Waals surface area contributed by atoms with E-state index in [1.807, 2.05) is 26.0 Å². The number of amides is 2. The third-order valence-corrected chi connectivity index (χ3v) is 11.2. The second kappa shape index (κ2) is 15.8. The lowest BCUT2D eigenvalue weighted by Crippen LogP contribution is -2.50. The molecule has 0 aromatic heterocycles. The molecule has 10 nitrogen and oxygen atoms in total. The first-order valence-electron chi connectivity index (χ1n) is 16.5. The Balaban J connectivity index is 1.37. The van der Waals surface area contributed by atoms with Gasteiger partial charge in [0.1, 0.15) is 11.4 Å². The van der Waals surface area contributed by atoms with Gasteiger partial charge in [0.25, 0.3) is 5.91 Å². The predicted molar refractivity (Wildman–Crippen MR) is 179 cm³/mol. The summed E-state index contributed by atoms with van der Waals surface area (Å²) in [5.41, 5.74) is 2.41. The molecule has 1 spiro atoms.